The van der Waals surface area contributed by atoms with Gasteiger partial charge in [0.1, 0.15) is 5.78 Å². The highest BCUT2D eigenvalue weighted by atomic mass is 32.2. The average molecular weight is 287 g/mol. The number of nitrogens with zero attached hydrogens (tertiary/aromatic N) is 2. The predicted octanol–water partition coefficient (Wildman–Crippen LogP) is 2.20. The molecule has 1 aliphatic rings. The molecule has 0 spiro atoms. The lowest BCUT2D eigenvalue weighted by atomic mass is 9.99. The minimum absolute atomic E-state index is 0.0820. The van der Waals surface area contributed by atoms with Gasteiger partial charge < -0.3 is 10.1 Å². The van der Waals surface area contributed by atoms with Crippen LogP contribution in [0.5, 0.6) is 0 Å². The van der Waals surface area contributed by atoms with Crippen LogP contribution in [-0.4, -0.2) is 41.5 Å². The van der Waals surface area contributed by atoms with Crippen LogP contribution in [0.1, 0.15) is 25.7 Å². The number of Topliss-reactive ketones (excluding diaryl/α,β-unsaturated/α-hetero) is 1. The first-order valence-corrected chi connectivity index (χ1v) is 7.75. The smallest absolute Gasteiger partial charge is 0.206 e. The molecule has 0 amide bonds. The van der Waals surface area contributed by atoms with Gasteiger partial charge in [0.2, 0.25) is 5.13 Å². The van der Waals surface area contributed by atoms with E-state index >= 15 is 0 Å². The molecule has 2 rings (SSSR count). The Morgan fingerprint density at radius 3 is 3.17 bits per heavy atom. The Kier molecular flexibility index (Phi) is 5.40. The van der Waals surface area contributed by atoms with Crippen molar-refractivity contribution < 1.29 is 9.53 Å². The van der Waals surface area contributed by atoms with Crippen molar-refractivity contribution in [2.75, 3.05) is 25.6 Å². The van der Waals surface area contributed by atoms with Gasteiger partial charge in [-0.1, -0.05) is 29.5 Å². The van der Waals surface area contributed by atoms with Crippen molar-refractivity contribution in [2.45, 2.75) is 35.3 Å². The molecule has 1 N–H and O–H groups in total. The Morgan fingerprint density at radius 2 is 2.39 bits per heavy atom. The fraction of sp³-hybridized carbons (Fsp3) is 0.727. The van der Waals surface area contributed by atoms with Crippen molar-refractivity contribution in [2.24, 2.45) is 0 Å². The van der Waals surface area contributed by atoms with Gasteiger partial charge in [-0.3, -0.25) is 4.79 Å². The largest absolute Gasteiger partial charge is 0.383 e. The zero-order valence-electron chi connectivity index (χ0n) is 10.3. The molecular formula is C11H17N3O2S2. The van der Waals surface area contributed by atoms with E-state index in [1.807, 2.05) is 0 Å². The lowest BCUT2D eigenvalue weighted by Gasteiger charge is -2.17. The average Bonchev–Trinajstić information content (AvgIpc) is 2.80. The summed E-state index contributed by atoms with van der Waals surface area (Å²) >= 11 is 3.06. The van der Waals surface area contributed by atoms with Crippen LogP contribution in [0.2, 0.25) is 0 Å². The van der Waals surface area contributed by atoms with E-state index in [0.29, 0.717) is 12.4 Å². The van der Waals surface area contributed by atoms with E-state index in [2.05, 4.69) is 15.5 Å². The van der Waals surface area contributed by atoms with Gasteiger partial charge in [0, 0.05) is 20.1 Å². The number of nitrogens with one attached hydrogen (secondary N) is 1. The van der Waals surface area contributed by atoms with Crippen molar-refractivity contribution in [3.63, 3.8) is 0 Å². The van der Waals surface area contributed by atoms with Gasteiger partial charge >= 0.3 is 0 Å². The lowest BCUT2D eigenvalue weighted by molar-refractivity contribution is -0.119. The quantitative estimate of drug-likeness (QED) is 0.809. The van der Waals surface area contributed by atoms with E-state index in [1.54, 1.807) is 18.9 Å². The summed E-state index contributed by atoms with van der Waals surface area (Å²) in [6, 6.07) is 0. The topological polar surface area (TPSA) is 64.1 Å². The Labute approximate surface area is 115 Å². The monoisotopic (exact) mass is 287 g/mol. The highest BCUT2D eigenvalue weighted by Gasteiger charge is 2.24. The molecule has 5 nitrogen and oxygen atoms in total. The number of carbonyl (C=O) groups excluding carboxylic acids is 1. The summed E-state index contributed by atoms with van der Waals surface area (Å²) in [7, 11) is 1.66. The summed E-state index contributed by atoms with van der Waals surface area (Å²) in [4.78, 5) is 11.7. The molecule has 1 atom stereocenters. The van der Waals surface area contributed by atoms with Gasteiger partial charge in [0.15, 0.2) is 4.34 Å². The van der Waals surface area contributed by atoms with E-state index in [9.17, 15) is 4.79 Å². The number of carbonyl (C=O) groups is 1. The molecule has 0 saturated heterocycles. The lowest BCUT2D eigenvalue weighted by Crippen LogP contribution is -2.21. The van der Waals surface area contributed by atoms with Crippen molar-refractivity contribution in [3.05, 3.63) is 0 Å². The number of aromatic nitrogens is 2. The van der Waals surface area contributed by atoms with Crippen molar-refractivity contribution in [1.82, 2.24) is 10.2 Å². The predicted molar refractivity (Wildman–Crippen MR) is 73.4 cm³/mol. The molecule has 1 aromatic heterocycles. The van der Waals surface area contributed by atoms with E-state index in [-0.39, 0.29) is 5.25 Å². The van der Waals surface area contributed by atoms with Crippen LogP contribution in [0.25, 0.3) is 0 Å². The number of methoxy groups -OCH3 is 1. The molecule has 1 saturated carbocycles. The molecule has 1 aliphatic carbocycles. The molecule has 0 aromatic carbocycles. The maximum Gasteiger partial charge on any atom is 0.206 e. The van der Waals surface area contributed by atoms with Gasteiger partial charge in [-0.05, 0) is 12.8 Å². The second-order valence-electron chi connectivity index (χ2n) is 4.11. The summed E-state index contributed by atoms with van der Waals surface area (Å²) in [6.07, 6.45) is 3.86. The molecule has 0 unspecified atom stereocenters. The van der Waals surface area contributed by atoms with E-state index in [0.717, 1.165) is 41.7 Å². The third-order valence-electron chi connectivity index (χ3n) is 2.73. The summed E-state index contributed by atoms with van der Waals surface area (Å²) in [5.74, 6) is 0.357. The number of ketones is 1. The molecule has 1 fully saturated rings. The molecule has 7 heteroatoms. The first-order valence-electron chi connectivity index (χ1n) is 6.05. The third-order valence-corrected chi connectivity index (χ3v) is 5.01. The van der Waals surface area contributed by atoms with Crippen molar-refractivity contribution in [1.29, 1.82) is 0 Å². The van der Waals surface area contributed by atoms with Crippen molar-refractivity contribution in [3.8, 4) is 0 Å². The normalized spacial score (nSPS) is 20.1. The van der Waals surface area contributed by atoms with Gasteiger partial charge in [-0.15, -0.1) is 10.2 Å². The van der Waals surface area contributed by atoms with Crippen LogP contribution in [0.3, 0.4) is 0 Å². The van der Waals surface area contributed by atoms with Gasteiger partial charge in [-0.2, -0.15) is 0 Å². The fourth-order valence-corrected chi connectivity index (χ4v) is 3.93. The second kappa shape index (κ2) is 7.06. The first-order chi connectivity index (χ1) is 8.79. The molecule has 0 bridgehead atoms. The number of thioether (sulfide) groups is 1. The highest BCUT2D eigenvalue weighted by molar-refractivity contribution is 8.02. The van der Waals surface area contributed by atoms with Crippen LogP contribution in [0.15, 0.2) is 4.34 Å². The molecule has 0 radical (unpaired) electrons. The fourth-order valence-electron chi connectivity index (χ4n) is 1.79. The van der Waals surface area contributed by atoms with Crippen LogP contribution in [-0.2, 0) is 9.53 Å². The number of ether oxygens (including phenoxy) is 1. The van der Waals surface area contributed by atoms with Gasteiger partial charge in [-0.25, -0.2) is 0 Å². The summed E-state index contributed by atoms with van der Waals surface area (Å²) in [5, 5.41) is 12.2. The molecule has 1 heterocycles. The maximum absolute atomic E-state index is 11.7. The Balaban J connectivity index is 1.83. The minimum Gasteiger partial charge on any atom is -0.383 e. The molecule has 0 aliphatic heterocycles. The van der Waals surface area contributed by atoms with E-state index in [1.165, 1.54) is 11.3 Å². The highest BCUT2D eigenvalue weighted by Crippen LogP contribution is 2.34. The Hall–Kier alpha value is -0.660. The van der Waals surface area contributed by atoms with E-state index in [4.69, 9.17) is 4.74 Å². The standard InChI is InChI=1S/C11H17N3O2S2/c1-16-7-6-12-10-13-14-11(18-10)17-9-5-3-2-4-8(9)15/h9H,2-7H2,1H3,(H,12,13)/t9-/m0/s1. The summed E-state index contributed by atoms with van der Waals surface area (Å²) < 4.78 is 5.82. The number of rotatable bonds is 6. The number of hydrogen-bond donors (Lipinski definition) is 1. The van der Waals surface area contributed by atoms with Crippen LogP contribution in [0, 0.1) is 0 Å². The molecule has 100 valence electrons. The number of anilines is 1. The summed E-state index contributed by atoms with van der Waals surface area (Å²) in [6.45, 7) is 1.36. The molecule has 1 aromatic rings. The maximum atomic E-state index is 11.7. The second-order valence-corrected chi connectivity index (χ2v) is 6.54. The Bertz CT molecular complexity index is 397. The minimum atomic E-state index is 0.0820. The zero-order valence-corrected chi connectivity index (χ0v) is 12.0. The van der Waals surface area contributed by atoms with Gasteiger partial charge in [0.25, 0.3) is 0 Å². The van der Waals surface area contributed by atoms with Gasteiger partial charge in [0.05, 0.1) is 11.9 Å². The van der Waals surface area contributed by atoms with Crippen LogP contribution < -0.4 is 5.32 Å². The molecular weight excluding hydrogens is 270 g/mol. The number of hydrogen-bond acceptors (Lipinski definition) is 7. The SMILES string of the molecule is COCCNc1nnc(S[C@H]2CCCCC2=O)s1. The zero-order chi connectivity index (χ0) is 12.8. The first kappa shape index (κ1) is 13.8. The third kappa shape index (κ3) is 3.93. The van der Waals surface area contributed by atoms with Crippen LogP contribution >= 0.6 is 23.1 Å². The van der Waals surface area contributed by atoms with Crippen LogP contribution in [0.4, 0.5) is 5.13 Å². The summed E-state index contributed by atoms with van der Waals surface area (Å²) in [5.41, 5.74) is 0. The van der Waals surface area contributed by atoms with E-state index < -0.39 is 0 Å². The molecule has 18 heavy (non-hydrogen) atoms. The van der Waals surface area contributed by atoms with Crippen molar-refractivity contribution >= 4 is 34.0 Å². The Morgan fingerprint density at radius 1 is 1.50 bits per heavy atom.